The van der Waals surface area contributed by atoms with E-state index >= 15 is 0 Å². The van der Waals surface area contributed by atoms with Crippen molar-refractivity contribution in [2.75, 3.05) is 0 Å². The molecule has 0 aliphatic heterocycles. The maximum atomic E-state index is 9.00. The standard InChI is InChI=1S/C2H4O2.B.Na.Pd.H/c1-2(3)4;;;;/h1H3,(H,3,4);;;;/q;;+1;;-1. The molecular weight excluding hydrogens is 196 g/mol. The molecule has 0 aliphatic rings. The van der Waals surface area contributed by atoms with E-state index in [1.807, 2.05) is 0 Å². The fraction of sp³-hybridized carbons (Fsp3) is 0.500. The van der Waals surface area contributed by atoms with Gasteiger partial charge in [-0.1, -0.05) is 0 Å². The van der Waals surface area contributed by atoms with Crippen LogP contribution in [0, 0.1) is 0 Å². The van der Waals surface area contributed by atoms with Crippen LogP contribution in [-0.2, 0) is 25.2 Å². The third-order valence-corrected chi connectivity index (χ3v) is 0. The van der Waals surface area contributed by atoms with Gasteiger partial charge in [0.15, 0.2) is 0 Å². The fourth-order valence-electron chi connectivity index (χ4n) is 0. The summed E-state index contributed by atoms with van der Waals surface area (Å²) in [6.45, 7) is 1.08. The van der Waals surface area contributed by atoms with E-state index in [1.165, 1.54) is 0 Å². The van der Waals surface area contributed by atoms with Crippen LogP contribution >= 0.6 is 0 Å². The van der Waals surface area contributed by atoms with E-state index < -0.39 is 5.97 Å². The van der Waals surface area contributed by atoms with Gasteiger partial charge >= 0.3 is 29.6 Å². The number of carbonyl (C=O) groups is 1. The minimum Gasteiger partial charge on any atom is -1.00 e. The summed E-state index contributed by atoms with van der Waals surface area (Å²) in [5, 5.41) is 7.42. The van der Waals surface area contributed by atoms with Crippen molar-refractivity contribution in [2.24, 2.45) is 0 Å². The van der Waals surface area contributed by atoms with Crippen molar-refractivity contribution in [3.8, 4) is 0 Å². The maximum Gasteiger partial charge on any atom is 1.00 e. The number of aliphatic carboxylic acids is 1. The smallest absolute Gasteiger partial charge is 1.00 e. The number of hydrogen-bond acceptors (Lipinski definition) is 1. The Hall–Kier alpha value is 1.20. The van der Waals surface area contributed by atoms with E-state index in [-0.39, 0.29) is 59.8 Å². The zero-order valence-corrected chi connectivity index (χ0v) is 7.80. The van der Waals surface area contributed by atoms with Crippen molar-refractivity contribution in [1.29, 1.82) is 0 Å². The Balaban J connectivity index is -0.00000000750. The average molecular weight is 201 g/mol. The Bertz CT molecular complexity index is 43.0. The van der Waals surface area contributed by atoms with Crippen LogP contribution in [0.15, 0.2) is 0 Å². The normalized spacial score (nSPS) is 3.57. The number of rotatable bonds is 0. The third-order valence-electron chi connectivity index (χ3n) is 0. The summed E-state index contributed by atoms with van der Waals surface area (Å²) >= 11 is 0. The molecule has 7 heavy (non-hydrogen) atoms. The molecular formula is C2H5BNaO2Pd. The third kappa shape index (κ3) is 136. The maximum absolute atomic E-state index is 9.00. The summed E-state index contributed by atoms with van der Waals surface area (Å²) in [6, 6.07) is 0. The molecule has 0 aromatic rings. The van der Waals surface area contributed by atoms with Crippen molar-refractivity contribution in [3.05, 3.63) is 0 Å². The molecule has 0 saturated carbocycles. The quantitative estimate of drug-likeness (QED) is 0.420. The van der Waals surface area contributed by atoms with Gasteiger partial charge in [0.1, 0.15) is 0 Å². The first kappa shape index (κ1) is 24.1. The molecule has 0 atom stereocenters. The summed E-state index contributed by atoms with van der Waals surface area (Å²) in [7, 11) is 0. The second kappa shape index (κ2) is 15.7. The Morgan fingerprint density at radius 2 is 1.71 bits per heavy atom. The van der Waals surface area contributed by atoms with Crippen LogP contribution in [0.2, 0.25) is 0 Å². The van der Waals surface area contributed by atoms with Crippen LogP contribution < -0.4 is 29.6 Å². The van der Waals surface area contributed by atoms with Gasteiger partial charge in [0, 0.05) is 35.8 Å². The fourth-order valence-corrected chi connectivity index (χ4v) is 0. The second-order valence-corrected chi connectivity index (χ2v) is 0.519. The summed E-state index contributed by atoms with van der Waals surface area (Å²) in [5.41, 5.74) is 0. The monoisotopic (exact) mass is 201 g/mol. The number of carboxylic acid groups (broad SMARTS) is 1. The minimum absolute atomic E-state index is 0. The van der Waals surface area contributed by atoms with Gasteiger partial charge in [0.2, 0.25) is 0 Å². The van der Waals surface area contributed by atoms with Crippen LogP contribution in [0.1, 0.15) is 8.35 Å². The molecule has 3 radical (unpaired) electrons. The van der Waals surface area contributed by atoms with Gasteiger partial charge in [0.25, 0.3) is 5.97 Å². The van der Waals surface area contributed by atoms with Crippen molar-refractivity contribution in [2.45, 2.75) is 6.92 Å². The zero-order chi connectivity index (χ0) is 3.58. The molecule has 0 aromatic heterocycles. The summed E-state index contributed by atoms with van der Waals surface area (Å²) in [5.74, 6) is -0.833. The molecule has 2 nitrogen and oxygen atoms in total. The minimum atomic E-state index is -0.833. The predicted molar refractivity (Wildman–Crippen MR) is 20.2 cm³/mol. The van der Waals surface area contributed by atoms with Gasteiger partial charge in [-0.15, -0.1) is 0 Å². The van der Waals surface area contributed by atoms with E-state index in [4.69, 9.17) is 9.90 Å². The number of carboxylic acids is 1. The Kier molecular flexibility index (Phi) is 54.0. The molecule has 0 heterocycles. The molecule has 1 N–H and O–H groups in total. The molecule has 0 unspecified atom stereocenters. The van der Waals surface area contributed by atoms with Crippen LogP contribution in [0.3, 0.4) is 0 Å². The molecule has 0 fully saturated rings. The van der Waals surface area contributed by atoms with Gasteiger partial charge < -0.3 is 6.53 Å². The van der Waals surface area contributed by atoms with E-state index in [1.54, 1.807) is 0 Å². The summed E-state index contributed by atoms with van der Waals surface area (Å²) < 4.78 is 0. The zero-order valence-electron chi connectivity index (χ0n) is 5.25. The van der Waals surface area contributed by atoms with Crippen molar-refractivity contribution in [1.82, 2.24) is 0 Å². The van der Waals surface area contributed by atoms with Crippen LogP contribution in [-0.4, -0.2) is 19.5 Å². The molecule has 5 heteroatoms. The second-order valence-electron chi connectivity index (χ2n) is 0.519. The topological polar surface area (TPSA) is 37.3 Å². The first-order valence-corrected chi connectivity index (χ1v) is 0.928. The van der Waals surface area contributed by atoms with Crippen molar-refractivity contribution in [3.63, 3.8) is 0 Å². The van der Waals surface area contributed by atoms with Crippen LogP contribution in [0.5, 0.6) is 0 Å². The molecule has 0 aromatic carbocycles. The van der Waals surface area contributed by atoms with Gasteiger partial charge in [-0.05, 0) is 0 Å². The first-order valence-electron chi connectivity index (χ1n) is 0.928. The van der Waals surface area contributed by atoms with Gasteiger partial charge in [-0.2, -0.15) is 0 Å². The van der Waals surface area contributed by atoms with E-state index in [0.29, 0.717) is 0 Å². The molecule has 0 bridgehead atoms. The van der Waals surface area contributed by atoms with Crippen LogP contribution in [0.25, 0.3) is 0 Å². The molecule has 39 valence electrons. The molecule has 0 aliphatic carbocycles. The first-order chi connectivity index (χ1) is 1.73. The number of hydrogen-bond donors (Lipinski definition) is 1. The summed E-state index contributed by atoms with van der Waals surface area (Å²) in [4.78, 5) is 9.00. The SMILES string of the molecule is CC(=O)O.[B].[H-].[Na+].[Pd]. The van der Waals surface area contributed by atoms with E-state index in [9.17, 15) is 0 Å². The van der Waals surface area contributed by atoms with Gasteiger partial charge in [-0.3, -0.25) is 4.79 Å². The van der Waals surface area contributed by atoms with Crippen LogP contribution in [0.4, 0.5) is 0 Å². The van der Waals surface area contributed by atoms with Gasteiger partial charge in [-0.25, -0.2) is 0 Å². The van der Waals surface area contributed by atoms with Gasteiger partial charge in [0.05, 0.1) is 0 Å². The predicted octanol–water partition coefficient (Wildman–Crippen LogP) is -3.18. The van der Waals surface area contributed by atoms with E-state index in [2.05, 4.69) is 0 Å². The average Bonchev–Trinajstić information content (AvgIpc) is 0.811. The largest absolute Gasteiger partial charge is 1.00 e. The van der Waals surface area contributed by atoms with Crippen molar-refractivity contribution < 1.29 is 61.3 Å². The summed E-state index contributed by atoms with van der Waals surface area (Å²) in [6.07, 6.45) is 0. The molecule has 0 amide bonds. The Labute approximate surface area is 82.1 Å². The molecule has 0 spiro atoms. The van der Waals surface area contributed by atoms with Crippen molar-refractivity contribution >= 4 is 14.4 Å². The Morgan fingerprint density at radius 3 is 1.71 bits per heavy atom. The Morgan fingerprint density at radius 1 is 1.71 bits per heavy atom. The molecule has 0 rings (SSSR count). The van der Waals surface area contributed by atoms with E-state index in [0.717, 1.165) is 6.92 Å². The molecule has 0 saturated heterocycles.